The number of hydrogen-bond acceptors (Lipinski definition) is 4. The average Bonchev–Trinajstić information content (AvgIpc) is 3.37. The molecule has 0 fully saturated rings. The third-order valence-electron chi connectivity index (χ3n) is 4.60. The Labute approximate surface area is 173 Å². The third kappa shape index (κ3) is 4.16. The Hall–Kier alpha value is -2.50. The van der Waals surface area contributed by atoms with Crippen molar-refractivity contribution >= 4 is 35.0 Å². The number of nitrogens with zero attached hydrogens (tertiary/aromatic N) is 2. The molecule has 4 rings (SSSR count). The molecule has 0 radical (unpaired) electrons. The number of amides is 1. The van der Waals surface area contributed by atoms with E-state index in [1.54, 1.807) is 11.3 Å². The van der Waals surface area contributed by atoms with Crippen LogP contribution in [0.2, 0.25) is 5.02 Å². The lowest BCUT2D eigenvalue weighted by atomic mass is 10.0. The number of rotatable bonds is 5. The third-order valence-corrected chi connectivity index (χ3v) is 5.85. The van der Waals surface area contributed by atoms with Crippen LogP contribution < -0.4 is 0 Å². The average molecular weight is 411 g/mol. The summed E-state index contributed by atoms with van der Waals surface area (Å²) in [6, 6.07) is 19.2. The molecule has 0 spiro atoms. The Morgan fingerprint density at radius 1 is 1.18 bits per heavy atom. The summed E-state index contributed by atoms with van der Waals surface area (Å²) in [6.45, 7) is 2.05. The van der Waals surface area contributed by atoms with Crippen molar-refractivity contribution in [1.82, 2.24) is 5.01 Å². The zero-order valence-corrected chi connectivity index (χ0v) is 16.9. The van der Waals surface area contributed by atoms with Crippen LogP contribution in [0.3, 0.4) is 0 Å². The van der Waals surface area contributed by atoms with Gasteiger partial charge in [0.2, 0.25) is 0 Å². The zero-order valence-electron chi connectivity index (χ0n) is 15.3. The minimum absolute atomic E-state index is 0.0524. The fraction of sp³-hybridized carbons (Fsp3) is 0.182. The van der Waals surface area contributed by atoms with Gasteiger partial charge in [-0.3, -0.25) is 4.79 Å². The van der Waals surface area contributed by atoms with E-state index in [-0.39, 0.29) is 11.9 Å². The highest BCUT2D eigenvalue weighted by atomic mass is 35.5. The molecule has 3 aromatic rings. The van der Waals surface area contributed by atoms with Crippen molar-refractivity contribution in [2.75, 3.05) is 5.75 Å². The normalized spacial score (nSPS) is 16.3. The lowest BCUT2D eigenvalue weighted by Crippen LogP contribution is -2.28. The first-order valence-electron chi connectivity index (χ1n) is 8.98. The highest BCUT2D eigenvalue weighted by Gasteiger charge is 2.34. The van der Waals surface area contributed by atoms with E-state index in [1.807, 2.05) is 48.5 Å². The van der Waals surface area contributed by atoms with Crippen molar-refractivity contribution in [1.29, 1.82) is 0 Å². The van der Waals surface area contributed by atoms with E-state index in [9.17, 15) is 4.79 Å². The van der Waals surface area contributed by atoms with Gasteiger partial charge in [-0.15, -0.1) is 11.8 Å². The largest absolute Gasteiger partial charge is 0.467 e. The minimum atomic E-state index is -0.218. The van der Waals surface area contributed by atoms with Crippen LogP contribution in [0.1, 0.15) is 29.3 Å². The highest BCUT2D eigenvalue weighted by molar-refractivity contribution is 8.00. The van der Waals surface area contributed by atoms with Crippen LogP contribution in [-0.4, -0.2) is 22.4 Å². The molecular formula is C22H19ClN2O2S. The second-order valence-electron chi connectivity index (χ2n) is 6.63. The van der Waals surface area contributed by atoms with Gasteiger partial charge in [-0.2, -0.15) is 5.10 Å². The molecule has 0 saturated carbocycles. The molecule has 0 saturated heterocycles. The second kappa shape index (κ2) is 8.25. The SMILES string of the molecule is Cc1ccc(C2=NN(C(=O)CSc3ccc(Cl)cc3)[C@H](c3ccco3)C2)cc1. The first kappa shape index (κ1) is 18.8. The number of thioether (sulfide) groups is 1. The van der Waals surface area contributed by atoms with Gasteiger partial charge in [0.25, 0.3) is 5.91 Å². The van der Waals surface area contributed by atoms with Gasteiger partial charge in [0.05, 0.1) is 17.7 Å². The van der Waals surface area contributed by atoms with Crippen LogP contribution in [-0.2, 0) is 4.79 Å². The van der Waals surface area contributed by atoms with Crippen LogP contribution >= 0.6 is 23.4 Å². The van der Waals surface area contributed by atoms with Crippen molar-refractivity contribution in [3.63, 3.8) is 0 Å². The number of carbonyl (C=O) groups excluding carboxylic acids is 1. The van der Waals surface area contributed by atoms with Crippen molar-refractivity contribution in [2.24, 2.45) is 5.10 Å². The molecular weight excluding hydrogens is 392 g/mol. The summed E-state index contributed by atoms with van der Waals surface area (Å²) < 4.78 is 5.59. The van der Waals surface area contributed by atoms with Gasteiger partial charge < -0.3 is 4.42 Å². The molecule has 1 atom stereocenters. The van der Waals surface area contributed by atoms with Crippen molar-refractivity contribution in [3.05, 3.63) is 88.8 Å². The monoisotopic (exact) mass is 410 g/mol. The van der Waals surface area contributed by atoms with Crippen LogP contribution in [0.15, 0.2) is 81.3 Å². The summed E-state index contributed by atoms with van der Waals surface area (Å²) in [5.74, 6) is 0.989. The fourth-order valence-electron chi connectivity index (χ4n) is 3.11. The maximum atomic E-state index is 13.0. The van der Waals surface area contributed by atoms with Crippen molar-refractivity contribution in [3.8, 4) is 0 Å². The van der Waals surface area contributed by atoms with Gasteiger partial charge in [0, 0.05) is 16.3 Å². The molecule has 0 N–H and O–H groups in total. The first-order valence-corrected chi connectivity index (χ1v) is 10.3. The summed E-state index contributed by atoms with van der Waals surface area (Å²) in [7, 11) is 0. The maximum absolute atomic E-state index is 13.0. The quantitative estimate of drug-likeness (QED) is 0.506. The van der Waals surface area contributed by atoms with Crippen LogP contribution in [0, 0.1) is 6.92 Å². The molecule has 6 heteroatoms. The summed E-state index contributed by atoms with van der Waals surface area (Å²) in [5, 5.41) is 6.91. The van der Waals surface area contributed by atoms with Crippen LogP contribution in [0.5, 0.6) is 0 Å². The number of furan rings is 1. The van der Waals surface area contributed by atoms with Gasteiger partial charge in [0.1, 0.15) is 11.8 Å². The number of benzene rings is 2. The molecule has 1 aromatic heterocycles. The number of carbonyl (C=O) groups is 1. The Balaban J connectivity index is 1.54. The van der Waals surface area contributed by atoms with Gasteiger partial charge in [-0.25, -0.2) is 5.01 Å². The molecule has 1 amide bonds. The molecule has 2 heterocycles. The summed E-state index contributed by atoms with van der Waals surface area (Å²) in [5.41, 5.74) is 3.12. The molecule has 28 heavy (non-hydrogen) atoms. The molecule has 142 valence electrons. The molecule has 0 aliphatic carbocycles. The van der Waals surface area contributed by atoms with Crippen molar-refractivity contribution < 1.29 is 9.21 Å². The Kier molecular flexibility index (Phi) is 5.55. The summed E-state index contributed by atoms with van der Waals surface area (Å²) in [6.07, 6.45) is 2.26. The Morgan fingerprint density at radius 2 is 1.93 bits per heavy atom. The first-order chi connectivity index (χ1) is 13.6. The predicted octanol–water partition coefficient (Wildman–Crippen LogP) is 5.71. The highest BCUT2D eigenvalue weighted by Crippen LogP contribution is 2.34. The zero-order chi connectivity index (χ0) is 19.5. The number of hydrazone groups is 1. The molecule has 1 aliphatic rings. The summed E-state index contributed by atoms with van der Waals surface area (Å²) in [4.78, 5) is 13.9. The number of hydrogen-bond donors (Lipinski definition) is 0. The van der Waals surface area contributed by atoms with Gasteiger partial charge in [-0.05, 0) is 48.9 Å². The second-order valence-corrected chi connectivity index (χ2v) is 8.11. The van der Waals surface area contributed by atoms with E-state index >= 15 is 0 Å². The van der Waals surface area contributed by atoms with E-state index in [1.165, 1.54) is 17.3 Å². The molecule has 4 nitrogen and oxygen atoms in total. The number of halogens is 1. The Bertz CT molecular complexity index is 982. The van der Waals surface area contributed by atoms with E-state index in [2.05, 4.69) is 24.2 Å². The lowest BCUT2D eigenvalue weighted by Gasteiger charge is -2.19. The summed E-state index contributed by atoms with van der Waals surface area (Å²) >= 11 is 7.40. The minimum Gasteiger partial charge on any atom is -0.467 e. The van der Waals surface area contributed by atoms with E-state index in [4.69, 9.17) is 16.0 Å². The van der Waals surface area contributed by atoms with Crippen LogP contribution in [0.4, 0.5) is 0 Å². The molecule has 0 bridgehead atoms. The van der Waals surface area contributed by atoms with Crippen molar-refractivity contribution in [2.45, 2.75) is 24.3 Å². The lowest BCUT2D eigenvalue weighted by molar-refractivity contribution is -0.130. The van der Waals surface area contributed by atoms with Gasteiger partial charge >= 0.3 is 0 Å². The topological polar surface area (TPSA) is 45.8 Å². The molecule has 0 unspecified atom stereocenters. The number of aryl methyl sites for hydroxylation is 1. The smallest absolute Gasteiger partial charge is 0.253 e. The predicted molar refractivity (Wildman–Crippen MR) is 113 cm³/mol. The standard InChI is InChI=1S/C22H19ClN2O2S/c1-15-4-6-16(7-5-15)19-13-20(21-3-2-12-27-21)25(24-19)22(26)14-28-18-10-8-17(23)9-11-18/h2-12,20H,13-14H2,1H3/t20-/m0/s1. The van der Waals surface area contributed by atoms with Gasteiger partial charge in [-0.1, -0.05) is 41.4 Å². The molecule has 2 aromatic carbocycles. The van der Waals surface area contributed by atoms with E-state index < -0.39 is 0 Å². The Morgan fingerprint density at radius 3 is 2.61 bits per heavy atom. The van der Waals surface area contributed by atoms with Crippen LogP contribution in [0.25, 0.3) is 0 Å². The van der Waals surface area contributed by atoms with E-state index in [0.29, 0.717) is 17.2 Å². The van der Waals surface area contributed by atoms with E-state index in [0.717, 1.165) is 21.9 Å². The molecule has 1 aliphatic heterocycles. The maximum Gasteiger partial charge on any atom is 0.253 e. The fourth-order valence-corrected chi connectivity index (χ4v) is 3.98. The van der Waals surface area contributed by atoms with Gasteiger partial charge in [0.15, 0.2) is 0 Å².